The van der Waals surface area contributed by atoms with Gasteiger partial charge < -0.3 is 29.1 Å². The zero-order valence-corrected chi connectivity index (χ0v) is 21.0. The number of Topliss-reactive ketones (excluding diaryl/α,β-unsaturated/α-hetero) is 1. The Bertz CT molecular complexity index is 1090. The number of hydrogen-bond acceptors (Lipinski definition) is 7. The van der Waals surface area contributed by atoms with Gasteiger partial charge in [-0.1, -0.05) is 32.0 Å². The number of ether oxygens (including phenoxy) is 3. The van der Waals surface area contributed by atoms with Crippen LogP contribution in [0.5, 0.6) is 17.2 Å². The Labute approximate surface area is 206 Å². The first kappa shape index (κ1) is 26.1. The number of carbonyl (C=O) groups is 2. The van der Waals surface area contributed by atoms with Gasteiger partial charge in [0.25, 0.3) is 11.7 Å². The number of aliphatic hydroxyl groups is 1. The van der Waals surface area contributed by atoms with E-state index < -0.39 is 17.7 Å². The number of carbonyl (C=O) groups excluding carboxylic acids is 2. The van der Waals surface area contributed by atoms with Crippen molar-refractivity contribution in [3.63, 3.8) is 0 Å². The summed E-state index contributed by atoms with van der Waals surface area (Å²) < 4.78 is 16.4. The first-order valence-corrected chi connectivity index (χ1v) is 11.9. The molecule has 0 spiro atoms. The first-order chi connectivity index (χ1) is 16.9. The molecule has 2 aromatic rings. The zero-order valence-electron chi connectivity index (χ0n) is 21.0. The lowest BCUT2D eigenvalue weighted by molar-refractivity contribution is -0.140. The third kappa shape index (κ3) is 5.43. The lowest BCUT2D eigenvalue weighted by Gasteiger charge is -2.28. The molecule has 0 radical (unpaired) electrons. The Morgan fingerprint density at radius 3 is 2.37 bits per heavy atom. The van der Waals surface area contributed by atoms with Gasteiger partial charge in [-0.25, -0.2) is 0 Å². The monoisotopic (exact) mass is 482 g/mol. The second-order valence-electron chi connectivity index (χ2n) is 8.09. The van der Waals surface area contributed by atoms with Crippen LogP contribution in [0.15, 0.2) is 48.0 Å². The molecule has 35 heavy (non-hydrogen) atoms. The van der Waals surface area contributed by atoms with Crippen molar-refractivity contribution >= 4 is 17.4 Å². The summed E-state index contributed by atoms with van der Waals surface area (Å²) in [6, 6.07) is 11.3. The van der Waals surface area contributed by atoms with Crippen LogP contribution in [0.2, 0.25) is 0 Å². The molecule has 0 aromatic heterocycles. The lowest BCUT2D eigenvalue weighted by atomic mass is 9.95. The molecule has 1 fully saturated rings. The number of likely N-dealkylation sites (N-methyl/N-ethyl adjacent to an activating group) is 1. The maximum absolute atomic E-state index is 13.3. The molecule has 0 saturated carbocycles. The van der Waals surface area contributed by atoms with Crippen LogP contribution in [-0.2, 0) is 9.59 Å². The van der Waals surface area contributed by atoms with E-state index in [1.165, 1.54) is 19.1 Å². The van der Waals surface area contributed by atoms with Crippen molar-refractivity contribution in [3.8, 4) is 17.2 Å². The van der Waals surface area contributed by atoms with E-state index >= 15 is 0 Å². The van der Waals surface area contributed by atoms with Gasteiger partial charge in [-0.05, 0) is 49.8 Å². The number of aliphatic hydroxyl groups excluding tert-OH is 1. The Morgan fingerprint density at radius 1 is 1.00 bits per heavy atom. The van der Waals surface area contributed by atoms with Crippen LogP contribution in [0.25, 0.3) is 5.76 Å². The zero-order chi connectivity index (χ0) is 25.5. The molecule has 8 nitrogen and oxygen atoms in total. The number of benzene rings is 2. The summed E-state index contributed by atoms with van der Waals surface area (Å²) in [5.41, 5.74) is 1.08. The van der Waals surface area contributed by atoms with Crippen LogP contribution in [0, 0.1) is 0 Å². The van der Waals surface area contributed by atoms with Gasteiger partial charge in [-0.15, -0.1) is 0 Å². The Morgan fingerprint density at radius 2 is 1.74 bits per heavy atom. The van der Waals surface area contributed by atoms with E-state index in [9.17, 15) is 14.7 Å². The van der Waals surface area contributed by atoms with E-state index in [4.69, 9.17) is 14.2 Å². The van der Waals surface area contributed by atoms with Crippen molar-refractivity contribution in [3.05, 3.63) is 59.2 Å². The summed E-state index contributed by atoms with van der Waals surface area (Å²) in [7, 11) is 3.06. The Hall–Kier alpha value is -3.52. The van der Waals surface area contributed by atoms with Crippen LogP contribution in [-0.4, -0.2) is 73.6 Å². The highest BCUT2D eigenvalue weighted by Crippen LogP contribution is 2.42. The minimum absolute atomic E-state index is 0.0361. The number of amides is 1. The fourth-order valence-corrected chi connectivity index (χ4v) is 4.30. The van der Waals surface area contributed by atoms with Crippen molar-refractivity contribution < 1.29 is 28.9 Å². The normalized spacial score (nSPS) is 17.2. The van der Waals surface area contributed by atoms with Crippen LogP contribution in [0.1, 0.15) is 37.9 Å². The molecule has 0 bridgehead atoms. The van der Waals surface area contributed by atoms with Crippen molar-refractivity contribution in [1.82, 2.24) is 9.80 Å². The summed E-state index contributed by atoms with van der Waals surface area (Å²) in [5.74, 6) is -0.0246. The van der Waals surface area contributed by atoms with Crippen molar-refractivity contribution in [1.29, 1.82) is 0 Å². The van der Waals surface area contributed by atoms with Crippen molar-refractivity contribution in [2.24, 2.45) is 0 Å². The molecule has 1 aliphatic heterocycles. The van der Waals surface area contributed by atoms with E-state index in [0.717, 1.165) is 13.1 Å². The number of likely N-dealkylation sites (tertiary alicyclic amines) is 1. The summed E-state index contributed by atoms with van der Waals surface area (Å²) >= 11 is 0. The molecule has 1 unspecified atom stereocenters. The van der Waals surface area contributed by atoms with Crippen molar-refractivity contribution in [2.75, 3.05) is 47.0 Å². The average molecular weight is 483 g/mol. The maximum Gasteiger partial charge on any atom is 0.295 e. The fourth-order valence-electron chi connectivity index (χ4n) is 4.30. The predicted molar refractivity (Wildman–Crippen MR) is 134 cm³/mol. The number of methoxy groups -OCH3 is 2. The molecule has 2 aromatic carbocycles. The summed E-state index contributed by atoms with van der Waals surface area (Å²) in [4.78, 5) is 30.2. The van der Waals surface area contributed by atoms with Gasteiger partial charge in [0, 0.05) is 18.7 Å². The molecule has 1 heterocycles. The van der Waals surface area contributed by atoms with Crippen LogP contribution in [0.3, 0.4) is 0 Å². The van der Waals surface area contributed by atoms with Gasteiger partial charge >= 0.3 is 0 Å². The molecular formula is C27H34N2O6. The second kappa shape index (κ2) is 11.8. The first-order valence-electron chi connectivity index (χ1n) is 11.9. The molecule has 1 N–H and O–H groups in total. The topological polar surface area (TPSA) is 88.5 Å². The van der Waals surface area contributed by atoms with Gasteiger partial charge in [0.05, 0.1) is 32.4 Å². The minimum atomic E-state index is -0.777. The highest BCUT2D eigenvalue weighted by Gasteiger charge is 2.46. The molecule has 1 saturated heterocycles. The van der Waals surface area contributed by atoms with Gasteiger partial charge in [0.15, 0.2) is 11.5 Å². The SMILES string of the molecule is CCOc1ccc(C2C(=C(O)c3cccc(OC)c3)C(=O)C(=O)N2CCN(CC)CC)cc1OC. The lowest BCUT2D eigenvalue weighted by Crippen LogP contribution is -2.38. The van der Waals surface area contributed by atoms with Gasteiger partial charge in [0.2, 0.25) is 0 Å². The van der Waals surface area contributed by atoms with Gasteiger partial charge in [-0.3, -0.25) is 9.59 Å². The Balaban J connectivity index is 2.15. The molecule has 1 aliphatic rings. The number of ketones is 1. The van der Waals surface area contributed by atoms with Crippen LogP contribution >= 0.6 is 0 Å². The third-order valence-electron chi connectivity index (χ3n) is 6.24. The van der Waals surface area contributed by atoms with Gasteiger partial charge in [-0.2, -0.15) is 0 Å². The average Bonchev–Trinajstić information content (AvgIpc) is 3.14. The smallest absolute Gasteiger partial charge is 0.295 e. The van der Waals surface area contributed by atoms with Crippen molar-refractivity contribution in [2.45, 2.75) is 26.8 Å². The largest absolute Gasteiger partial charge is 0.507 e. The maximum atomic E-state index is 13.3. The fraction of sp³-hybridized carbons (Fsp3) is 0.407. The highest BCUT2D eigenvalue weighted by atomic mass is 16.5. The molecule has 3 rings (SSSR count). The van der Waals surface area contributed by atoms with E-state index in [0.29, 0.717) is 48.1 Å². The molecule has 1 atom stereocenters. The Kier molecular flexibility index (Phi) is 8.76. The quantitative estimate of drug-likeness (QED) is 0.296. The van der Waals surface area contributed by atoms with E-state index in [1.807, 2.05) is 6.92 Å². The highest BCUT2D eigenvalue weighted by molar-refractivity contribution is 6.46. The molecular weight excluding hydrogens is 448 g/mol. The number of nitrogens with zero attached hydrogens (tertiary/aromatic N) is 2. The predicted octanol–water partition coefficient (Wildman–Crippen LogP) is 3.87. The minimum Gasteiger partial charge on any atom is -0.507 e. The number of rotatable bonds is 11. The second-order valence-corrected chi connectivity index (χ2v) is 8.09. The summed E-state index contributed by atoms with van der Waals surface area (Å²) in [6.45, 7) is 9.03. The molecule has 8 heteroatoms. The third-order valence-corrected chi connectivity index (χ3v) is 6.24. The molecule has 1 amide bonds. The summed E-state index contributed by atoms with van der Waals surface area (Å²) in [5, 5.41) is 11.3. The van der Waals surface area contributed by atoms with E-state index in [1.54, 1.807) is 42.5 Å². The number of hydrogen-bond donors (Lipinski definition) is 1. The van der Waals surface area contributed by atoms with E-state index in [2.05, 4.69) is 18.7 Å². The van der Waals surface area contributed by atoms with E-state index in [-0.39, 0.29) is 11.3 Å². The summed E-state index contributed by atoms with van der Waals surface area (Å²) in [6.07, 6.45) is 0. The van der Waals surface area contributed by atoms with Gasteiger partial charge in [0.1, 0.15) is 11.5 Å². The standard InChI is InChI=1S/C27H34N2O6/c1-6-28(7-2)14-15-29-24(18-12-13-21(35-8-3)22(17-18)34-5)23(26(31)27(29)32)25(30)19-10-9-11-20(16-19)33-4/h9-13,16-17,24,30H,6-8,14-15H2,1-5H3. The van der Waals surface area contributed by atoms with Crippen LogP contribution < -0.4 is 14.2 Å². The van der Waals surface area contributed by atoms with Crippen LogP contribution in [0.4, 0.5) is 0 Å². The molecule has 0 aliphatic carbocycles. The molecule has 188 valence electrons.